The number of carbonyl (C=O) groups excluding carboxylic acids is 1. The van der Waals surface area contributed by atoms with Gasteiger partial charge in [-0.3, -0.25) is 4.79 Å². The van der Waals surface area contributed by atoms with Crippen molar-refractivity contribution in [3.63, 3.8) is 0 Å². The van der Waals surface area contributed by atoms with E-state index >= 15 is 0 Å². The quantitative estimate of drug-likeness (QED) is 0.497. The maximum atomic E-state index is 13.0. The summed E-state index contributed by atoms with van der Waals surface area (Å²) in [5.74, 6) is 0.143. The molecule has 1 heterocycles. The number of thiazole rings is 1. The molecule has 7 heteroatoms. The van der Waals surface area contributed by atoms with Crippen LogP contribution in [0.5, 0.6) is 5.75 Å². The molecule has 0 saturated carbocycles. The van der Waals surface area contributed by atoms with E-state index in [1.807, 2.05) is 37.4 Å². The van der Waals surface area contributed by atoms with Crippen LogP contribution in [0.15, 0.2) is 52.9 Å². The highest BCUT2D eigenvalue weighted by Crippen LogP contribution is 2.24. The molecule has 144 valence electrons. The standard InChI is InChI=1S/C21H20FN3O2S/c1-13-4-9-19(27-3)18(10-13)14(2)24-25-20(26)11-17-12-28-21(23-17)15-5-7-16(22)8-6-15/h4-10,12H,11H2,1-3H3,(H,25,26)/b24-14-. The van der Waals surface area contributed by atoms with Crippen molar-refractivity contribution in [2.24, 2.45) is 5.10 Å². The second kappa shape index (κ2) is 8.75. The zero-order valence-electron chi connectivity index (χ0n) is 15.8. The van der Waals surface area contributed by atoms with Gasteiger partial charge in [-0.25, -0.2) is 14.8 Å². The van der Waals surface area contributed by atoms with Gasteiger partial charge in [0.2, 0.25) is 5.91 Å². The van der Waals surface area contributed by atoms with Gasteiger partial charge in [-0.15, -0.1) is 11.3 Å². The largest absolute Gasteiger partial charge is 0.496 e. The van der Waals surface area contributed by atoms with Gasteiger partial charge >= 0.3 is 0 Å². The SMILES string of the molecule is COc1ccc(C)cc1/C(C)=N\NC(=O)Cc1csc(-c2ccc(F)cc2)n1. The molecule has 1 amide bonds. The molecule has 0 aliphatic carbocycles. The van der Waals surface area contributed by atoms with E-state index in [4.69, 9.17) is 4.74 Å². The predicted octanol–water partition coefficient (Wildman–Crippen LogP) is 4.35. The Labute approximate surface area is 166 Å². The molecule has 0 aliphatic heterocycles. The summed E-state index contributed by atoms with van der Waals surface area (Å²) in [6, 6.07) is 11.9. The van der Waals surface area contributed by atoms with Crippen LogP contribution in [0.1, 0.15) is 23.7 Å². The first-order chi connectivity index (χ1) is 13.5. The smallest absolute Gasteiger partial charge is 0.246 e. The molecule has 0 aliphatic rings. The van der Waals surface area contributed by atoms with Gasteiger partial charge < -0.3 is 4.74 Å². The first-order valence-electron chi connectivity index (χ1n) is 8.64. The first-order valence-corrected chi connectivity index (χ1v) is 9.52. The molecular weight excluding hydrogens is 377 g/mol. The summed E-state index contributed by atoms with van der Waals surface area (Å²) in [4.78, 5) is 16.7. The normalized spacial score (nSPS) is 11.4. The number of methoxy groups -OCH3 is 1. The Bertz CT molecular complexity index is 1010. The maximum Gasteiger partial charge on any atom is 0.246 e. The number of aryl methyl sites for hydroxylation is 1. The van der Waals surface area contributed by atoms with Crippen LogP contribution in [-0.2, 0) is 11.2 Å². The number of aromatic nitrogens is 1. The number of nitrogens with zero attached hydrogens (tertiary/aromatic N) is 2. The van der Waals surface area contributed by atoms with Gasteiger partial charge in [-0.2, -0.15) is 5.10 Å². The third kappa shape index (κ3) is 4.80. The van der Waals surface area contributed by atoms with Crippen molar-refractivity contribution in [2.45, 2.75) is 20.3 Å². The molecule has 0 atom stereocenters. The van der Waals surface area contributed by atoms with E-state index < -0.39 is 0 Å². The van der Waals surface area contributed by atoms with E-state index in [9.17, 15) is 9.18 Å². The predicted molar refractivity (Wildman–Crippen MR) is 109 cm³/mol. The third-order valence-electron chi connectivity index (χ3n) is 4.08. The lowest BCUT2D eigenvalue weighted by molar-refractivity contribution is -0.120. The van der Waals surface area contributed by atoms with Gasteiger partial charge in [0.25, 0.3) is 0 Å². The molecule has 0 radical (unpaired) electrons. The zero-order chi connectivity index (χ0) is 20.1. The average molecular weight is 397 g/mol. The Hall–Kier alpha value is -3.06. The van der Waals surface area contributed by atoms with Crippen LogP contribution < -0.4 is 10.2 Å². The molecule has 0 bridgehead atoms. The van der Waals surface area contributed by atoms with Crippen molar-refractivity contribution >= 4 is 23.0 Å². The van der Waals surface area contributed by atoms with Gasteiger partial charge in [-0.05, 0) is 50.2 Å². The van der Waals surface area contributed by atoms with Gasteiger partial charge in [0, 0.05) is 16.5 Å². The molecule has 2 aromatic carbocycles. The fraction of sp³-hybridized carbons (Fsp3) is 0.190. The fourth-order valence-electron chi connectivity index (χ4n) is 2.63. The summed E-state index contributed by atoms with van der Waals surface area (Å²) < 4.78 is 18.4. The number of halogens is 1. The Morgan fingerprint density at radius 3 is 2.71 bits per heavy atom. The van der Waals surface area contributed by atoms with Crippen molar-refractivity contribution in [2.75, 3.05) is 7.11 Å². The molecule has 0 unspecified atom stereocenters. The zero-order valence-corrected chi connectivity index (χ0v) is 16.6. The molecule has 5 nitrogen and oxygen atoms in total. The van der Waals surface area contributed by atoms with Gasteiger partial charge in [0.1, 0.15) is 16.6 Å². The number of rotatable bonds is 6. The van der Waals surface area contributed by atoms with E-state index in [2.05, 4.69) is 15.5 Å². The second-order valence-electron chi connectivity index (χ2n) is 6.26. The Morgan fingerprint density at radius 1 is 1.25 bits per heavy atom. The number of benzene rings is 2. The second-order valence-corrected chi connectivity index (χ2v) is 7.12. The highest BCUT2D eigenvalue weighted by molar-refractivity contribution is 7.13. The van der Waals surface area contributed by atoms with Crippen LogP contribution in [0.4, 0.5) is 4.39 Å². The minimum atomic E-state index is -0.293. The molecule has 0 fully saturated rings. The average Bonchev–Trinajstić information content (AvgIpc) is 3.15. The van der Waals surface area contributed by atoms with E-state index in [1.165, 1.54) is 23.5 Å². The van der Waals surface area contributed by atoms with Crippen LogP contribution in [-0.4, -0.2) is 23.7 Å². The van der Waals surface area contributed by atoms with Crippen molar-refractivity contribution in [3.05, 3.63) is 70.5 Å². The number of nitrogens with one attached hydrogen (secondary N) is 1. The summed E-state index contributed by atoms with van der Waals surface area (Å²) >= 11 is 1.41. The Morgan fingerprint density at radius 2 is 2.00 bits per heavy atom. The van der Waals surface area contributed by atoms with Gasteiger partial charge in [-0.1, -0.05) is 11.6 Å². The van der Waals surface area contributed by atoms with E-state index in [1.54, 1.807) is 19.2 Å². The van der Waals surface area contributed by atoms with Crippen molar-refractivity contribution in [1.82, 2.24) is 10.4 Å². The maximum absolute atomic E-state index is 13.0. The molecule has 0 saturated heterocycles. The first kappa shape index (κ1) is 19.7. The van der Waals surface area contributed by atoms with Crippen LogP contribution >= 0.6 is 11.3 Å². The van der Waals surface area contributed by atoms with Crippen LogP contribution in [0.25, 0.3) is 10.6 Å². The highest BCUT2D eigenvalue weighted by Gasteiger charge is 2.10. The summed E-state index contributed by atoms with van der Waals surface area (Å²) in [5, 5.41) is 6.75. The Kier molecular flexibility index (Phi) is 6.16. The molecular formula is C21H20FN3O2S. The van der Waals surface area contributed by atoms with Crippen molar-refractivity contribution in [3.8, 4) is 16.3 Å². The van der Waals surface area contributed by atoms with E-state index in [-0.39, 0.29) is 18.1 Å². The lowest BCUT2D eigenvalue weighted by Crippen LogP contribution is -2.21. The summed E-state index contributed by atoms with van der Waals surface area (Å²) in [7, 11) is 1.60. The fourth-order valence-corrected chi connectivity index (χ4v) is 3.45. The van der Waals surface area contributed by atoms with Crippen LogP contribution in [0.3, 0.4) is 0 Å². The topological polar surface area (TPSA) is 63.6 Å². The molecule has 3 rings (SSSR count). The number of hydrogen-bond donors (Lipinski definition) is 1. The van der Waals surface area contributed by atoms with Crippen LogP contribution in [0, 0.1) is 12.7 Å². The molecule has 1 aromatic heterocycles. The minimum absolute atomic E-state index is 0.111. The van der Waals surface area contributed by atoms with Gasteiger partial charge in [0.15, 0.2) is 0 Å². The number of hydrogen-bond acceptors (Lipinski definition) is 5. The molecule has 1 N–H and O–H groups in total. The number of amides is 1. The Balaban J connectivity index is 1.65. The summed E-state index contributed by atoms with van der Waals surface area (Å²) in [6.07, 6.45) is 0.111. The third-order valence-corrected chi connectivity index (χ3v) is 5.02. The summed E-state index contributed by atoms with van der Waals surface area (Å²) in [6.45, 7) is 3.79. The molecule has 0 spiro atoms. The number of carbonyl (C=O) groups is 1. The van der Waals surface area contributed by atoms with Crippen LogP contribution in [0.2, 0.25) is 0 Å². The van der Waals surface area contributed by atoms with E-state index in [0.29, 0.717) is 17.2 Å². The molecule has 28 heavy (non-hydrogen) atoms. The monoisotopic (exact) mass is 397 g/mol. The number of ether oxygens (including phenoxy) is 1. The lowest BCUT2D eigenvalue weighted by Gasteiger charge is -2.09. The highest BCUT2D eigenvalue weighted by atomic mass is 32.1. The van der Waals surface area contributed by atoms with Gasteiger partial charge in [0.05, 0.1) is 24.9 Å². The minimum Gasteiger partial charge on any atom is -0.496 e. The lowest BCUT2D eigenvalue weighted by atomic mass is 10.1. The number of hydrazone groups is 1. The van der Waals surface area contributed by atoms with E-state index in [0.717, 1.165) is 21.7 Å². The van der Waals surface area contributed by atoms with Crippen molar-refractivity contribution < 1.29 is 13.9 Å². The summed E-state index contributed by atoms with van der Waals surface area (Å²) in [5.41, 5.74) is 6.58. The molecule has 3 aromatic rings. The van der Waals surface area contributed by atoms with Crippen molar-refractivity contribution in [1.29, 1.82) is 0 Å².